The van der Waals surface area contributed by atoms with Gasteiger partial charge in [-0.05, 0) is 37.2 Å². The Bertz CT molecular complexity index is 134. The van der Waals surface area contributed by atoms with Gasteiger partial charge in [-0.15, -0.1) is 0 Å². The number of ketones is 1. The Morgan fingerprint density at radius 1 is 1.38 bits per heavy atom. The highest BCUT2D eigenvalue weighted by Gasteiger charge is 1.98. The van der Waals surface area contributed by atoms with E-state index < -0.39 is 0 Å². The van der Waals surface area contributed by atoms with Crippen LogP contribution >= 0.6 is 11.8 Å². The first-order valence-electron chi connectivity index (χ1n) is 5.24. The molecule has 0 amide bonds. The minimum absolute atomic E-state index is 0.326. The van der Waals surface area contributed by atoms with Crippen LogP contribution in [0.2, 0.25) is 0 Å². The van der Waals surface area contributed by atoms with E-state index in [1.165, 1.54) is 24.3 Å². The average molecular weight is 202 g/mol. The average Bonchev–Trinajstić information content (AvgIpc) is 2.10. The molecule has 0 spiro atoms. The van der Waals surface area contributed by atoms with Crippen LogP contribution in [0.15, 0.2) is 0 Å². The molecule has 0 aliphatic carbocycles. The summed E-state index contributed by atoms with van der Waals surface area (Å²) in [5.41, 5.74) is 0. The van der Waals surface area contributed by atoms with E-state index in [9.17, 15) is 4.79 Å². The van der Waals surface area contributed by atoms with Crippen LogP contribution in [-0.4, -0.2) is 17.3 Å². The summed E-state index contributed by atoms with van der Waals surface area (Å²) in [5, 5.41) is 0. The zero-order valence-corrected chi connectivity index (χ0v) is 9.95. The van der Waals surface area contributed by atoms with Gasteiger partial charge in [-0.25, -0.2) is 0 Å². The quantitative estimate of drug-likeness (QED) is 0.560. The third-order valence-corrected chi connectivity index (χ3v) is 3.55. The van der Waals surface area contributed by atoms with Gasteiger partial charge in [-0.1, -0.05) is 20.3 Å². The summed E-state index contributed by atoms with van der Waals surface area (Å²) in [6.07, 6.45) is 4.31. The molecule has 1 unspecified atom stereocenters. The second-order valence-electron chi connectivity index (χ2n) is 3.75. The number of rotatable bonds is 8. The van der Waals surface area contributed by atoms with E-state index in [-0.39, 0.29) is 0 Å². The topological polar surface area (TPSA) is 17.1 Å². The maximum atomic E-state index is 10.6. The van der Waals surface area contributed by atoms with Gasteiger partial charge in [0, 0.05) is 6.42 Å². The van der Waals surface area contributed by atoms with Gasteiger partial charge in [-0.3, -0.25) is 0 Å². The van der Waals surface area contributed by atoms with E-state index in [2.05, 4.69) is 13.8 Å². The Morgan fingerprint density at radius 3 is 2.62 bits per heavy atom. The molecular weight excluding hydrogens is 180 g/mol. The molecule has 0 fully saturated rings. The maximum Gasteiger partial charge on any atom is 0.129 e. The Morgan fingerprint density at radius 2 is 2.08 bits per heavy atom. The SMILES string of the molecule is CCC(C)CSCCCCC(C)=O. The molecule has 0 aliphatic heterocycles. The zero-order chi connectivity index (χ0) is 10.1. The Kier molecular flexibility index (Phi) is 8.62. The number of thioether (sulfide) groups is 1. The molecule has 0 rings (SSSR count). The van der Waals surface area contributed by atoms with Crippen molar-refractivity contribution in [2.24, 2.45) is 5.92 Å². The molecule has 0 aromatic rings. The smallest absolute Gasteiger partial charge is 0.129 e. The number of Topliss-reactive ketones (excluding diaryl/α,β-unsaturated/α-hetero) is 1. The van der Waals surface area contributed by atoms with Crippen LogP contribution in [0.25, 0.3) is 0 Å². The number of unbranched alkanes of at least 4 members (excludes halogenated alkanes) is 1. The van der Waals surface area contributed by atoms with Crippen molar-refractivity contribution >= 4 is 17.5 Å². The van der Waals surface area contributed by atoms with Crippen molar-refractivity contribution in [2.45, 2.75) is 46.5 Å². The molecule has 0 heterocycles. The third-order valence-electron chi connectivity index (χ3n) is 2.17. The Labute approximate surface area is 86.7 Å². The molecule has 0 radical (unpaired) electrons. The molecule has 0 aromatic heterocycles. The van der Waals surface area contributed by atoms with Crippen molar-refractivity contribution in [1.29, 1.82) is 0 Å². The molecule has 2 heteroatoms. The van der Waals surface area contributed by atoms with Crippen LogP contribution in [0.1, 0.15) is 46.5 Å². The van der Waals surface area contributed by atoms with Crippen molar-refractivity contribution in [1.82, 2.24) is 0 Å². The van der Waals surface area contributed by atoms with Crippen molar-refractivity contribution in [3.63, 3.8) is 0 Å². The van der Waals surface area contributed by atoms with E-state index in [1.54, 1.807) is 6.92 Å². The van der Waals surface area contributed by atoms with Gasteiger partial charge in [-0.2, -0.15) is 11.8 Å². The standard InChI is InChI=1S/C11H22OS/c1-4-10(2)9-13-8-6-5-7-11(3)12/h10H,4-9H2,1-3H3. The molecule has 0 aliphatic rings. The summed E-state index contributed by atoms with van der Waals surface area (Å²) in [6.45, 7) is 6.20. The van der Waals surface area contributed by atoms with Gasteiger partial charge in [0.15, 0.2) is 0 Å². The van der Waals surface area contributed by atoms with Crippen LogP contribution in [0.4, 0.5) is 0 Å². The molecular formula is C11H22OS. The van der Waals surface area contributed by atoms with Crippen molar-refractivity contribution in [3.05, 3.63) is 0 Å². The summed E-state index contributed by atoms with van der Waals surface area (Å²) in [7, 11) is 0. The Balaban J connectivity index is 3.04. The zero-order valence-electron chi connectivity index (χ0n) is 9.14. The first-order valence-corrected chi connectivity index (χ1v) is 6.39. The summed E-state index contributed by atoms with van der Waals surface area (Å²) in [6, 6.07) is 0. The monoisotopic (exact) mass is 202 g/mol. The van der Waals surface area contributed by atoms with Crippen LogP contribution < -0.4 is 0 Å². The lowest BCUT2D eigenvalue weighted by molar-refractivity contribution is -0.117. The summed E-state index contributed by atoms with van der Waals surface area (Å²) in [5.74, 6) is 3.67. The molecule has 0 saturated heterocycles. The lowest BCUT2D eigenvalue weighted by Crippen LogP contribution is -1.97. The van der Waals surface area contributed by atoms with E-state index in [0.29, 0.717) is 5.78 Å². The van der Waals surface area contributed by atoms with E-state index >= 15 is 0 Å². The van der Waals surface area contributed by atoms with E-state index in [0.717, 1.165) is 18.8 Å². The number of hydrogen-bond donors (Lipinski definition) is 0. The minimum Gasteiger partial charge on any atom is -0.300 e. The minimum atomic E-state index is 0.326. The number of carbonyl (C=O) groups excluding carboxylic acids is 1. The fraction of sp³-hybridized carbons (Fsp3) is 0.909. The predicted octanol–water partition coefficient (Wildman–Crippen LogP) is 3.53. The third kappa shape index (κ3) is 9.94. The van der Waals surface area contributed by atoms with Crippen LogP contribution in [0, 0.1) is 5.92 Å². The molecule has 1 atom stereocenters. The second kappa shape index (κ2) is 8.61. The molecule has 0 saturated carbocycles. The van der Waals surface area contributed by atoms with Crippen LogP contribution in [-0.2, 0) is 4.79 Å². The fourth-order valence-electron chi connectivity index (χ4n) is 0.980. The normalized spacial score (nSPS) is 12.8. The van der Waals surface area contributed by atoms with Gasteiger partial charge < -0.3 is 4.79 Å². The highest BCUT2D eigenvalue weighted by Crippen LogP contribution is 2.13. The molecule has 1 nitrogen and oxygen atoms in total. The van der Waals surface area contributed by atoms with Gasteiger partial charge in [0.1, 0.15) is 5.78 Å². The molecule has 0 N–H and O–H groups in total. The molecule has 78 valence electrons. The van der Waals surface area contributed by atoms with Gasteiger partial charge >= 0.3 is 0 Å². The van der Waals surface area contributed by atoms with E-state index in [1.807, 2.05) is 11.8 Å². The molecule has 13 heavy (non-hydrogen) atoms. The van der Waals surface area contributed by atoms with Gasteiger partial charge in [0.05, 0.1) is 0 Å². The number of hydrogen-bond acceptors (Lipinski definition) is 2. The van der Waals surface area contributed by atoms with Crippen LogP contribution in [0.5, 0.6) is 0 Å². The summed E-state index contributed by atoms with van der Waals surface area (Å²) in [4.78, 5) is 10.6. The fourth-order valence-corrected chi connectivity index (χ4v) is 2.19. The van der Waals surface area contributed by atoms with Gasteiger partial charge in [0.2, 0.25) is 0 Å². The van der Waals surface area contributed by atoms with Crippen LogP contribution in [0.3, 0.4) is 0 Å². The van der Waals surface area contributed by atoms with Crippen molar-refractivity contribution in [3.8, 4) is 0 Å². The Hall–Kier alpha value is 0.0200. The first-order chi connectivity index (χ1) is 6.16. The highest BCUT2D eigenvalue weighted by molar-refractivity contribution is 7.99. The largest absolute Gasteiger partial charge is 0.300 e. The highest BCUT2D eigenvalue weighted by atomic mass is 32.2. The van der Waals surface area contributed by atoms with Gasteiger partial charge in [0.25, 0.3) is 0 Å². The number of carbonyl (C=O) groups is 1. The lowest BCUT2D eigenvalue weighted by Gasteiger charge is -2.06. The second-order valence-corrected chi connectivity index (χ2v) is 4.90. The molecule has 0 aromatic carbocycles. The molecule has 0 bridgehead atoms. The maximum absolute atomic E-state index is 10.6. The summed E-state index contributed by atoms with van der Waals surface area (Å²) >= 11 is 2.03. The van der Waals surface area contributed by atoms with E-state index in [4.69, 9.17) is 0 Å². The predicted molar refractivity (Wildman–Crippen MR) is 61.3 cm³/mol. The van der Waals surface area contributed by atoms with Crippen molar-refractivity contribution < 1.29 is 4.79 Å². The van der Waals surface area contributed by atoms with Crippen molar-refractivity contribution in [2.75, 3.05) is 11.5 Å². The summed E-state index contributed by atoms with van der Waals surface area (Å²) < 4.78 is 0. The first kappa shape index (κ1) is 13.0. The lowest BCUT2D eigenvalue weighted by atomic mass is 10.2.